The molecule has 1 aromatic heterocycles. The maximum absolute atomic E-state index is 12.3. The number of methoxy groups -OCH3 is 1. The summed E-state index contributed by atoms with van der Waals surface area (Å²) in [6.07, 6.45) is 1.99. The number of carbonyl (C=O) groups is 1. The maximum atomic E-state index is 12.3. The van der Waals surface area contributed by atoms with Gasteiger partial charge >= 0.3 is 6.09 Å². The largest absolute Gasteiger partial charge is 0.497 e. The van der Waals surface area contributed by atoms with Gasteiger partial charge in [0.05, 0.1) is 24.9 Å². The van der Waals surface area contributed by atoms with E-state index in [4.69, 9.17) is 14.5 Å². The summed E-state index contributed by atoms with van der Waals surface area (Å²) >= 11 is 0. The molecule has 8 nitrogen and oxygen atoms in total. The number of carbonyl (C=O) groups excluding carboxylic acids is 1. The Hall–Kier alpha value is -3.36. The molecule has 1 saturated heterocycles. The normalized spacial score (nSPS) is 13.7. The van der Waals surface area contributed by atoms with Crippen LogP contribution in [0.1, 0.15) is 26.7 Å². The number of anilines is 1. The fourth-order valence-corrected chi connectivity index (χ4v) is 5.19. The van der Waals surface area contributed by atoms with Crippen molar-refractivity contribution in [2.45, 2.75) is 26.7 Å². The third kappa shape index (κ3) is 9.07. The molecule has 2 heterocycles. The first-order valence-electron chi connectivity index (χ1n) is 14.9. The van der Waals surface area contributed by atoms with Crippen LogP contribution in [0.15, 0.2) is 54.6 Å². The molecule has 3 aromatic rings. The lowest BCUT2D eigenvalue weighted by atomic mass is 10.00. The molecule has 0 atom stereocenters. The van der Waals surface area contributed by atoms with E-state index in [0.29, 0.717) is 18.4 Å². The Morgan fingerprint density at radius 2 is 1.78 bits per heavy atom. The van der Waals surface area contributed by atoms with Crippen molar-refractivity contribution in [3.63, 3.8) is 0 Å². The van der Waals surface area contributed by atoms with E-state index in [1.165, 1.54) is 0 Å². The minimum atomic E-state index is -0.170. The van der Waals surface area contributed by atoms with Gasteiger partial charge in [-0.05, 0) is 88.9 Å². The van der Waals surface area contributed by atoms with Crippen molar-refractivity contribution in [3.8, 4) is 17.0 Å². The summed E-state index contributed by atoms with van der Waals surface area (Å²) in [6.45, 7) is 11.2. The van der Waals surface area contributed by atoms with Crippen LogP contribution in [-0.2, 0) is 4.74 Å². The van der Waals surface area contributed by atoms with Crippen molar-refractivity contribution in [1.82, 2.24) is 19.7 Å². The van der Waals surface area contributed by atoms with Crippen LogP contribution < -0.4 is 10.1 Å². The highest BCUT2D eigenvalue weighted by molar-refractivity contribution is 5.93. The topological polar surface area (TPSA) is 70.2 Å². The summed E-state index contributed by atoms with van der Waals surface area (Å²) in [6, 6.07) is 18.5. The van der Waals surface area contributed by atoms with Crippen LogP contribution in [-0.4, -0.2) is 99.4 Å². The molecule has 1 N–H and O–H groups in total. The van der Waals surface area contributed by atoms with Crippen LogP contribution in [0.5, 0.6) is 5.75 Å². The number of ether oxygens (including phenoxy) is 2. The fraction of sp³-hybridized carbons (Fsp3) is 0.515. The predicted molar refractivity (Wildman–Crippen MR) is 168 cm³/mol. The number of hydrogen-bond donors (Lipinski definition) is 1. The quantitative estimate of drug-likeness (QED) is 0.239. The molecule has 0 aliphatic carbocycles. The van der Waals surface area contributed by atoms with E-state index >= 15 is 0 Å². The van der Waals surface area contributed by atoms with E-state index in [-0.39, 0.29) is 6.09 Å². The van der Waals surface area contributed by atoms with Crippen LogP contribution in [0.2, 0.25) is 0 Å². The number of aromatic nitrogens is 1. The maximum Gasteiger partial charge on any atom is 0.409 e. The van der Waals surface area contributed by atoms with Crippen molar-refractivity contribution < 1.29 is 14.3 Å². The van der Waals surface area contributed by atoms with E-state index in [2.05, 4.69) is 79.5 Å². The second kappa shape index (κ2) is 15.0. The average molecular weight is 562 g/mol. The number of nitrogens with zero attached hydrogens (tertiary/aromatic N) is 4. The van der Waals surface area contributed by atoms with Gasteiger partial charge in [0.25, 0.3) is 0 Å². The lowest BCUT2D eigenvalue weighted by Crippen LogP contribution is -2.54. The molecule has 0 unspecified atom stereocenters. The molecule has 4 rings (SSSR count). The molecule has 0 saturated carbocycles. The summed E-state index contributed by atoms with van der Waals surface area (Å²) in [4.78, 5) is 23.8. The Morgan fingerprint density at radius 1 is 1.05 bits per heavy atom. The lowest BCUT2D eigenvalue weighted by Gasteiger charge is -2.41. The predicted octanol–water partition coefficient (Wildman–Crippen LogP) is 5.69. The Morgan fingerprint density at radius 3 is 2.49 bits per heavy atom. The number of rotatable bonds is 15. The van der Waals surface area contributed by atoms with Crippen molar-refractivity contribution in [2.24, 2.45) is 11.8 Å². The first-order valence-corrected chi connectivity index (χ1v) is 14.9. The Bertz CT molecular complexity index is 1240. The van der Waals surface area contributed by atoms with E-state index < -0.39 is 0 Å². The fourth-order valence-electron chi connectivity index (χ4n) is 5.19. The van der Waals surface area contributed by atoms with Gasteiger partial charge in [0.1, 0.15) is 5.75 Å². The number of nitrogens with one attached hydrogen (secondary N) is 1. The van der Waals surface area contributed by atoms with Gasteiger partial charge in [0.2, 0.25) is 0 Å². The monoisotopic (exact) mass is 561 g/mol. The van der Waals surface area contributed by atoms with Crippen LogP contribution in [0.4, 0.5) is 10.5 Å². The molecule has 1 amide bonds. The van der Waals surface area contributed by atoms with E-state index in [0.717, 1.165) is 92.3 Å². The van der Waals surface area contributed by atoms with Gasteiger partial charge in [-0.25, -0.2) is 9.78 Å². The second-order valence-electron chi connectivity index (χ2n) is 11.8. The molecule has 0 spiro atoms. The Labute approximate surface area is 245 Å². The van der Waals surface area contributed by atoms with Gasteiger partial charge in [-0.2, -0.15) is 0 Å². The van der Waals surface area contributed by atoms with Gasteiger partial charge in [-0.1, -0.05) is 32.0 Å². The summed E-state index contributed by atoms with van der Waals surface area (Å²) in [5.74, 6) is 1.70. The second-order valence-corrected chi connectivity index (χ2v) is 11.8. The highest BCUT2D eigenvalue weighted by Crippen LogP contribution is 2.29. The average Bonchev–Trinajstić information content (AvgIpc) is 2.94. The third-order valence-electron chi connectivity index (χ3n) is 7.42. The Balaban J connectivity index is 1.33. The van der Waals surface area contributed by atoms with Crippen LogP contribution in [0.3, 0.4) is 0 Å². The van der Waals surface area contributed by atoms with Crippen LogP contribution in [0.25, 0.3) is 22.2 Å². The molecular formula is C33H47N5O3. The van der Waals surface area contributed by atoms with Gasteiger partial charge in [0.15, 0.2) is 0 Å². The van der Waals surface area contributed by atoms with Crippen molar-refractivity contribution in [1.29, 1.82) is 0 Å². The zero-order valence-electron chi connectivity index (χ0n) is 25.4. The molecule has 1 aliphatic rings. The highest BCUT2D eigenvalue weighted by atomic mass is 16.6. The smallest absolute Gasteiger partial charge is 0.409 e. The van der Waals surface area contributed by atoms with Gasteiger partial charge in [-0.15, -0.1) is 0 Å². The summed E-state index contributed by atoms with van der Waals surface area (Å²) in [5, 5.41) is 4.84. The number of hydrogen-bond acceptors (Lipinski definition) is 7. The Kier molecular flexibility index (Phi) is 11.2. The first kappa shape index (κ1) is 30.6. The molecule has 2 aromatic carbocycles. The van der Waals surface area contributed by atoms with Gasteiger partial charge in [-0.3, -0.25) is 0 Å². The molecule has 0 bridgehead atoms. The van der Waals surface area contributed by atoms with E-state index in [1.807, 2.05) is 23.1 Å². The number of para-hydroxylation sites is 1. The molecule has 8 heteroatoms. The zero-order chi connectivity index (χ0) is 29.2. The number of benzene rings is 2. The molecule has 1 fully saturated rings. The number of amides is 1. The third-order valence-corrected chi connectivity index (χ3v) is 7.42. The minimum absolute atomic E-state index is 0.170. The molecule has 41 heavy (non-hydrogen) atoms. The summed E-state index contributed by atoms with van der Waals surface area (Å²) in [5.41, 5.74) is 4.10. The molecular weight excluding hydrogens is 514 g/mol. The molecule has 0 radical (unpaired) electrons. The van der Waals surface area contributed by atoms with Crippen LogP contribution >= 0.6 is 0 Å². The van der Waals surface area contributed by atoms with E-state index in [9.17, 15) is 4.79 Å². The summed E-state index contributed by atoms with van der Waals surface area (Å²) in [7, 11) is 5.93. The number of pyridine rings is 1. The summed E-state index contributed by atoms with van der Waals surface area (Å²) < 4.78 is 10.7. The molecule has 222 valence electrons. The SMILES string of the molecule is COc1ccc(-c2cc(NCCCN(CCCN(C)C)CC3CN(C(=O)OCC(C)C)C3)c3ccccc3n2)cc1. The molecule has 1 aliphatic heterocycles. The lowest BCUT2D eigenvalue weighted by molar-refractivity contribution is 0.0352. The van der Waals surface area contributed by atoms with Crippen molar-refractivity contribution in [3.05, 3.63) is 54.6 Å². The van der Waals surface area contributed by atoms with Gasteiger partial charge in [0, 0.05) is 48.7 Å². The standard InChI is InChI=1S/C33H47N5O3/c1-25(2)24-41-33(39)38-22-26(23-38)21-37(19-9-17-36(3)4)18-8-16-34-32-20-31(27-12-14-28(40-5)15-13-27)35-30-11-7-6-10-29(30)32/h6-7,10-15,20,25-26H,8-9,16-19,21-24H2,1-5H3,(H,34,35). The minimum Gasteiger partial charge on any atom is -0.497 e. The van der Waals surface area contributed by atoms with Crippen LogP contribution in [0, 0.1) is 11.8 Å². The van der Waals surface area contributed by atoms with E-state index in [1.54, 1.807) is 7.11 Å². The van der Waals surface area contributed by atoms with Gasteiger partial charge < -0.3 is 29.5 Å². The number of likely N-dealkylation sites (tertiary alicyclic amines) is 1. The van der Waals surface area contributed by atoms with Crippen molar-refractivity contribution in [2.75, 3.05) is 78.9 Å². The number of fused-ring (bicyclic) bond motifs is 1. The highest BCUT2D eigenvalue weighted by Gasteiger charge is 2.32. The van der Waals surface area contributed by atoms with Crippen molar-refractivity contribution >= 4 is 22.7 Å². The first-order chi connectivity index (χ1) is 19.8. The zero-order valence-corrected chi connectivity index (χ0v) is 25.4.